The fourth-order valence-corrected chi connectivity index (χ4v) is 3.01. The van der Waals surface area contributed by atoms with Crippen molar-refractivity contribution in [2.24, 2.45) is 0 Å². The number of ether oxygens (including phenoxy) is 2. The van der Waals surface area contributed by atoms with Gasteiger partial charge in [-0.25, -0.2) is 9.97 Å². The van der Waals surface area contributed by atoms with Crippen molar-refractivity contribution < 1.29 is 9.47 Å². The summed E-state index contributed by atoms with van der Waals surface area (Å²) in [5.41, 5.74) is 2.88. The van der Waals surface area contributed by atoms with Crippen LogP contribution in [-0.2, 0) is 0 Å². The molecule has 2 aromatic carbocycles. The van der Waals surface area contributed by atoms with Gasteiger partial charge in [0.25, 0.3) is 0 Å². The number of fused-ring (bicyclic) bond motifs is 1. The molecule has 4 rings (SSSR count). The second-order valence-corrected chi connectivity index (χ2v) is 5.79. The van der Waals surface area contributed by atoms with E-state index in [4.69, 9.17) is 9.47 Å². The summed E-state index contributed by atoms with van der Waals surface area (Å²) in [6.07, 6.45) is 9.79. The van der Waals surface area contributed by atoms with Crippen molar-refractivity contribution in [3.8, 4) is 11.5 Å². The van der Waals surface area contributed by atoms with Gasteiger partial charge in [-0.1, -0.05) is 18.2 Å². The zero-order valence-electron chi connectivity index (χ0n) is 14.6. The lowest BCUT2D eigenvalue weighted by Gasteiger charge is -2.17. The SMILES string of the molecule is COc1cc2ncnc(Nc3ccccc3[C]3[CH][CH][CH][CH]3)c2cc1OC. The Labute approximate surface area is 153 Å². The van der Waals surface area contributed by atoms with Gasteiger partial charge in [-0.15, -0.1) is 0 Å². The summed E-state index contributed by atoms with van der Waals surface area (Å²) in [4.78, 5) is 8.79. The van der Waals surface area contributed by atoms with Crippen LogP contribution in [0.5, 0.6) is 11.5 Å². The molecule has 129 valence electrons. The van der Waals surface area contributed by atoms with Gasteiger partial charge in [0.05, 0.1) is 19.7 Å². The minimum absolute atomic E-state index is 0.641. The minimum atomic E-state index is 0.641. The summed E-state index contributed by atoms with van der Waals surface area (Å²) in [6, 6.07) is 11.9. The topological polar surface area (TPSA) is 56.3 Å². The third-order valence-electron chi connectivity index (χ3n) is 4.29. The molecule has 1 aromatic heterocycles. The highest BCUT2D eigenvalue weighted by molar-refractivity contribution is 5.93. The van der Waals surface area contributed by atoms with E-state index < -0.39 is 0 Å². The molecule has 5 nitrogen and oxygen atoms in total. The number of hydrogen-bond donors (Lipinski definition) is 1. The molecule has 0 amide bonds. The van der Waals surface area contributed by atoms with Gasteiger partial charge in [0.2, 0.25) is 0 Å². The smallest absolute Gasteiger partial charge is 0.162 e. The highest BCUT2D eigenvalue weighted by Gasteiger charge is 2.22. The second kappa shape index (κ2) is 7.20. The predicted molar refractivity (Wildman–Crippen MR) is 102 cm³/mol. The second-order valence-electron chi connectivity index (χ2n) is 5.79. The third-order valence-corrected chi connectivity index (χ3v) is 4.29. The van der Waals surface area contributed by atoms with E-state index in [9.17, 15) is 0 Å². The van der Waals surface area contributed by atoms with Crippen LogP contribution in [0.25, 0.3) is 10.9 Å². The van der Waals surface area contributed by atoms with Gasteiger partial charge in [-0.3, -0.25) is 0 Å². The molecule has 1 N–H and O–H groups in total. The van der Waals surface area contributed by atoms with E-state index in [-0.39, 0.29) is 0 Å². The fourth-order valence-electron chi connectivity index (χ4n) is 3.01. The highest BCUT2D eigenvalue weighted by Crippen LogP contribution is 2.37. The molecule has 1 fully saturated rings. The number of benzene rings is 2. The van der Waals surface area contributed by atoms with Crippen LogP contribution in [0.2, 0.25) is 0 Å². The van der Waals surface area contributed by atoms with Crippen molar-refractivity contribution in [2.75, 3.05) is 19.5 Å². The number of nitrogens with zero attached hydrogens (tertiary/aromatic N) is 2. The Kier molecular flexibility index (Phi) is 4.61. The van der Waals surface area contributed by atoms with E-state index in [2.05, 4.69) is 34.2 Å². The third kappa shape index (κ3) is 3.05. The molecule has 5 heteroatoms. The van der Waals surface area contributed by atoms with Crippen molar-refractivity contribution in [2.45, 2.75) is 0 Å². The first-order valence-electron chi connectivity index (χ1n) is 8.25. The van der Waals surface area contributed by atoms with E-state index >= 15 is 0 Å². The lowest BCUT2D eigenvalue weighted by atomic mass is 9.96. The molecule has 3 aromatic rings. The van der Waals surface area contributed by atoms with Crippen LogP contribution < -0.4 is 14.8 Å². The largest absolute Gasteiger partial charge is 0.493 e. The van der Waals surface area contributed by atoms with E-state index in [1.807, 2.05) is 43.2 Å². The van der Waals surface area contributed by atoms with Crippen LogP contribution in [0, 0.1) is 31.6 Å². The lowest BCUT2D eigenvalue weighted by molar-refractivity contribution is 0.356. The lowest BCUT2D eigenvalue weighted by Crippen LogP contribution is -2.03. The van der Waals surface area contributed by atoms with Gasteiger partial charge in [0.15, 0.2) is 11.5 Å². The normalized spacial score (nSPS) is 14.5. The van der Waals surface area contributed by atoms with Gasteiger partial charge in [-0.2, -0.15) is 0 Å². The van der Waals surface area contributed by atoms with Crippen LogP contribution in [0.4, 0.5) is 11.5 Å². The number of hydrogen-bond acceptors (Lipinski definition) is 5. The van der Waals surface area contributed by atoms with Gasteiger partial charge in [-0.05, 0) is 43.4 Å². The summed E-state index contributed by atoms with van der Waals surface area (Å²) in [5, 5.41) is 4.31. The Balaban J connectivity index is 1.76. The predicted octanol–water partition coefficient (Wildman–Crippen LogP) is 4.14. The average Bonchev–Trinajstić information content (AvgIpc) is 3.22. The molecule has 0 spiro atoms. The molecule has 1 aliphatic rings. The summed E-state index contributed by atoms with van der Waals surface area (Å²) in [7, 11) is 3.23. The van der Waals surface area contributed by atoms with Crippen LogP contribution >= 0.6 is 0 Å². The number of nitrogens with one attached hydrogen (secondary N) is 1. The number of para-hydroxylation sites is 1. The molecular formula is C21H18N3O2. The first-order chi connectivity index (χ1) is 12.8. The zero-order valence-corrected chi connectivity index (χ0v) is 14.6. The first-order valence-corrected chi connectivity index (χ1v) is 8.25. The molecule has 26 heavy (non-hydrogen) atoms. The van der Waals surface area contributed by atoms with Crippen molar-refractivity contribution in [3.63, 3.8) is 0 Å². The number of rotatable bonds is 5. The van der Waals surface area contributed by atoms with Crippen molar-refractivity contribution in [3.05, 3.63) is 79.9 Å². The van der Waals surface area contributed by atoms with Gasteiger partial charge in [0, 0.05) is 23.1 Å². The van der Waals surface area contributed by atoms with Gasteiger partial charge < -0.3 is 14.8 Å². The summed E-state index contributed by atoms with van der Waals surface area (Å²) >= 11 is 0. The fraction of sp³-hybridized carbons (Fsp3) is 0.0952. The molecule has 0 unspecified atom stereocenters. The maximum Gasteiger partial charge on any atom is 0.162 e. The Hall–Kier alpha value is -2.82. The van der Waals surface area contributed by atoms with Gasteiger partial charge >= 0.3 is 0 Å². The van der Waals surface area contributed by atoms with Crippen molar-refractivity contribution >= 4 is 22.4 Å². The molecule has 1 heterocycles. The standard InChI is InChI=1S/C21H18N3O2/c1-25-19-11-16-18(12-20(19)26-2)22-13-23-21(16)24-17-10-6-5-9-15(17)14-7-3-4-8-14/h3-13H,1-2H3,(H,22,23,24). The van der Waals surface area contributed by atoms with E-state index in [1.54, 1.807) is 20.5 Å². The summed E-state index contributed by atoms with van der Waals surface area (Å²) in [6.45, 7) is 0. The van der Waals surface area contributed by atoms with Crippen LogP contribution in [-0.4, -0.2) is 24.2 Å². The Morgan fingerprint density at radius 1 is 0.885 bits per heavy atom. The van der Waals surface area contributed by atoms with Crippen LogP contribution in [0.1, 0.15) is 5.56 Å². The summed E-state index contributed by atoms with van der Waals surface area (Å²) in [5.74, 6) is 3.16. The maximum atomic E-state index is 5.42. The number of aromatic nitrogens is 2. The molecule has 0 aliphatic heterocycles. The quantitative estimate of drug-likeness (QED) is 0.754. The summed E-state index contributed by atoms with van der Waals surface area (Å²) < 4.78 is 10.8. The molecule has 1 saturated carbocycles. The molecule has 0 atom stereocenters. The molecule has 5 radical (unpaired) electrons. The van der Waals surface area contributed by atoms with Crippen LogP contribution in [0.3, 0.4) is 0 Å². The van der Waals surface area contributed by atoms with E-state index in [0.29, 0.717) is 11.5 Å². The first kappa shape index (κ1) is 16.6. The monoisotopic (exact) mass is 344 g/mol. The maximum absolute atomic E-state index is 5.42. The average molecular weight is 344 g/mol. The molecule has 0 bridgehead atoms. The van der Waals surface area contributed by atoms with E-state index in [0.717, 1.165) is 33.9 Å². The molecule has 1 aliphatic carbocycles. The Morgan fingerprint density at radius 2 is 1.62 bits per heavy atom. The highest BCUT2D eigenvalue weighted by atomic mass is 16.5. The Bertz CT molecular complexity index is 920. The minimum Gasteiger partial charge on any atom is -0.493 e. The van der Waals surface area contributed by atoms with Crippen molar-refractivity contribution in [1.82, 2.24) is 9.97 Å². The zero-order chi connectivity index (χ0) is 17.9. The molecular weight excluding hydrogens is 326 g/mol. The number of anilines is 2. The number of methoxy groups -OCH3 is 2. The van der Waals surface area contributed by atoms with E-state index in [1.165, 1.54) is 0 Å². The molecule has 0 saturated heterocycles. The van der Waals surface area contributed by atoms with Crippen molar-refractivity contribution in [1.29, 1.82) is 0 Å². The van der Waals surface area contributed by atoms with Gasteiger partial charge in [0.1, 0.15) is 12.1 Å². The Morgan fingerprint density at radius 3 is 2.38 bits per heavy atom. The van der Waals surface area contributed by atoms with Crippen LogP contribution in [0.15, 0.2) is 42.7 Å².